The normalized spacial score (nSPS) is 23.6. The number of nitrogens with two attached hydrogens (primary N) is 1. The third kappa shape index (κ3) is 3.70. The van der Waals surface area contributed by atoms with Crippen molar-refractivity contribution in [1.82, 2.24) is 19.5 Å². The number of aliphatic hydroxyl groups excluding tert-OH is 3. The number of imidazole rings is 1. The number of anilines is 2. The zero-order chi connectivity index (χ0) is 22.1. The summed E-state index contributed by atoms with van der Waals surface area (Å²) in [6, 6.07) is 4.67. The van der Waals surface area contributed by atoms with Crippen LogP contribution in [-0.4, -0.2) is 78.2 Å². The first-order chi connectivity index (χ1) is 14.9. The molecule has 0 spiro atoms. The van der Waals surface area contributed by atoms with Crippen LogP contribution >= 0.6 is 0 Å². The Morgan fingerprint density at radius 3 is 2.84 bits per heavy atom. The molecule has 0 radical (unpaired) electrons. The Bertz CT molecular complexity index is 1120. The van der Waals surface area contributed by atoms with Gasteiger partial charge in [-0.1, -0.05) is 0 Å². The van der Waals surface area contributed by atoms with Crippen LogP contribution in [0.5, 0.6) is 11.5 Å². The molecule has 4 atom stereocenters. The number of nitrogens with one attached hydrogen (secondary N) is 1. The van der Waals surface area contributed by atoms with E-state index in [0.29, 0.717) is 5.56 Å². The first-order valence-electron chi connectivity index (χ1n) is 9.21. The summed E-state index contributed by atoms with van der Waals surface area (Å²) in [4.78, 5) is 12.4. The highest BCUT2D eigenvalue weighted by Crippen LogP contribution is 2.35. The van der Waals surface area contributed by atoms with Crippen molar-refractivity contribution in [2.45, 2.75) is 24.5 Å². The van der Waals surface area contributed by atoms with E-state index in [-0.39, 0.29) is 34.4 Å². The minimum absolute atomic E-state index is 0.00665. The van der Waals surface area contributed by atoms with Crippen molar-refractivity contribution in [2.75, 3.05) is 24.9 Å². The Morgan fingerprint density at radius 2 is 2.13 bits per heavy atom. The van der Waals surface area contributed by atoms with Gasteiger partial charge in [-0.25, -0.2) is 20.4 Å². The van der Waals surface area contributed by atoms with E-state index in [4.69, 9.17) is 15.2 Å². The number of aromatic nitrogens is 4. The molecule has 164 valence electrons. The lowest BCUT2D eigenvalue weighted by molar-refractivity contribution is -0.0501. The molecule has 1 aliphatic rings. The molecule has 1 saturated heterocycles. The van der Waals surface area contributed by atoms with Gasteiger partial charge in [-0.05, 0) is 23.8 Å². The van der Waals surface area contributed by atoms with Crippen molar-refractivity contribution in [3.8, 4) is 11.5 Å². The number of fused-ring (bicyclic) bond motifs is 1. The molecule has 3 aromatic rings. The van der Waals surface area contributed by atoms with Crippen molar-refractivity contribution in [2.24, 2.45) is 5.10 Å². The SMILES string of the molecule is COc1cc(/C=N/Nc2nc3c(N)ncnc3n2C2OC(CO)C(O)C2O)ccc1O. The van der Waals surface area contributed by atoms with Crippen LogP contribution in [0.15, 0.2) is 29.6 Å². The van der Waals surface area contributed by atoms with Gasteiger partial charge in [0.25, 0.3) is 0 Å². The van der Waals surface area contributed by atoms with E-state index in [2.05, 4.69) is 25.5 Å². The number of methoxy groups -OCH3 is 1. The highest BCUT2D eigenvalue weighted by molar-refractivity contribution is 5.85. The minimum atomic E-state index is -1.36. The van der Waals surface area contributed by atoms with Crippen molar-refractivity contribution >= 4 is 29.1 Å². The summed E-state index contributed by atoms with van der Waals surface area (Å²) in [6.45, 7) is -0.484. The smallest absolute Gasteiger partial charge is 0.228 e. The number of phenolic OH excluding ortho intramolecular Hbond substituents is 1. The second kappa shape index (κ2) is 8.31. The van der Waals surface area contributed by atoms with Crippen molar-refractivity contribution in [1.29, 1.82) is 0 Å². The van der Waals surface area contributed by atoms with E-state index in [1.54, 1.807) is 12.1 Å². The molecule has 7 N–H and O–H groups in total. The number of nitrogens with zero attached hydrogens (tertiary/aromatic N) is 5. The second-order valence-electron chi connectivity index (χ2n) is 6.77. The van der Waals surface area contributed by atoms with Gasteiger partial charge in [0, 0.05) is 0 Å². The largest absolute Gasteiger partial charge is 0.504 e. The number of hydrogen-bond donors (Lipinski definition) is 6. The van der Waals surface area contributed by atoms with Crippen molar-refractivity contribution < 1.29 is 29.9 Å². The van der Waals surface area contributed by atoms with Crippen LogP contribution in [0.25, 0.3) is 11.2 Å². The fourth-order valence-corrected chi connectivity index (χ4v) is 3.28. The number of rotatable bonds is 6. The highest BCUT2D eigenvalue weighted by Gasteiger charge is 2.45. The number of nitrogen functional groups attached to an aromatic ring is 1. The summed E-state index contributed by atoms with van der Waals surface area (Å²) < 4.78 is 12.1. The number of phenols is 1. The first-order valence-corrected chi connectivity index (χ1v) is 9.21. The minimum Gasteiger partial charge on any atom is -0.504 e. The van der Waals surface area contributed by atoms with E-state index >= 15 is 0 Å². The molecule has 3 heterocycles. The molecule has 31 heavy (non-hydrogen) atoms. The number of aromatic hydroxyl groups is 1. The maximum Gasteiger partial charge on any atom is 0.228 e. The second-order valence-corrected chi connectivity index (χ2v) is 6.77. The van der Waals surface area contributed by atoms with E-state index < -0.39 is 31.1 Å². The zero-order valence-corrected chi connectivity index (χ0v) is 16.3. The summed E-state index contributed by atoms with van der Waals surface area (Å²) in [5, 5.41) is 43.8. The molecule has 0 bridgehead atoms. The van der Waals surface area contributed by atoms with Crippen molar-refractivity contribution in [3.05, 3.63) is 30.1 Å². The lowest BCUT2D eigenvalue weighted by Gasteiger charge is -2.18. The van der Waals surface area contributed by atoms with Gasteiger partial charge in [0.1, 0.15) is 24.6 Å². The van der Waals surface area contributed by atoms with Gasteiger partial charge in [-0.3, -0.25) is 4.57 Å². The fraction of sp³-hybridized carbons (Fsp3) is 0.333. The number of aliphatic hydroxyl groups is 3. The van der Waals surface area contributed by atoms with E-state index in [9.17, 15) is 20.4 Å². The third-order valence-corrected chi connectivity index (χ3v) is 4.86. The maximum absolute atomic E-state index is 10.5. The number of hydrogen-bond acceptors (Lipinski definition) is 12. The van der Waals surface area contributed by atoms with E-state index in [1.165, 1.54) is 30.3 Å². The monoisotopic (exact) mass is 431 g/mol. The fourth-order valence-electron chi connectivity index (χ4n) is 3.28. The highest BCUT2D eigenvalue weighted by atomic mass is 16.6. The summed E-state index contributed by atoms with van der Waals surface area (Å²) in [5.74, 6) is 0.489. The molecule has 0 aliphatic carbocycles. The van der Waals surface area contributed by atoms with Gasteiger partial charge in [-0.2, -0.15) is 5.10 Å². The summed E-state index contributed by atoms with van der Waals surface area (Å²) in [7, 11) is 1.43. The Balaban J connectivity index is 1.69. The molecule has 13 heteroatoms. The van der Waals surface area contributed by atoms with Crippen LogP contribution in [-0.2, 0) is 4.74 Å². The predicted molar refractivity (Wildman–Crippen MR) is 109 cm³/mol. The number of benzene rings is 1. The average molecular weight is 431 g/mol. The Hall–Kier alpha value is -3.52. The van der Waals surface area contributed by atoms with E-state index in [1.807, 2.05) is 0 Å². The van der Waals surface area contributed by atoms with Gasteiger partial charge >= 0.3 is 0 Å². The van der Waals surface area contributed by atoms with Crippen molar-refractivity contribution in [3.63, 3.8) is 0 Å². The third-order valence-electron chi connectivity index (χ3n) is 4.86. The molecule has 1 aliphatic heterocycles. The van der Waals surface area contributed by atoms with Crippen LogP contribution in [0.2, 0.25) is 0 Å². The molecule has 4 rings (SSSR count). The molecule has 1 fully saturated rings. The molecular formula is C18H21N7O6. The van der Waals surface area contributed by atoms with Crippen LogP contribution in [0.1, 0.15) is 11.8 Å². The van der Waals surface area contributed by atoms with Crippen LogP contribution in [0.3, 0.4) is 0 Å². The quantitative estimate of drug-likeness (QED) is 0.211. The Kier molecular flexibility index (Phi) is 5.56. The van der Waals surface area contributed by atoms with Gasteiger partial charge in [0.2, 0.25) is 5.95 Å². The topological polar surface area (TPSA) is 193 Å². The van der Waals surface area contributed by atoms with Crippen LogP contribution < -0.4 is 15.9 Å². The molecule has 4 unspecified atom stereocenters. The van der Waals surface area contributed by atoms with Crippen LogP contribution in [0.4, 0.5) is 11.8 Å². The average Bonchev–Trinajstić information content (AvgIpc) is 3.27. The molecular weight excluding hydrogens is 410 g/mol. The molecule has 13 nitrogen and oxygen atoms in total. The summed E-state index contributed by atoms with van der Waals surface area (Å²) >= 11 is 0. The standard InChI is InChI=1S/C18H21N7O6/c1-30-10-4-8(2-3-9(10)27)5-22-24-18-23-12-15(19)20-7-21-16(12)25(18)17-14(29)13(28)11(6-26)31-17/h2-5,7,11,13-14,17,26-29H,6H2,1H3,(H,23,24)(H2,19,20,21)/b22-5+. The van der Waals surface area contributed by atoms with Gasteiger partial charge in [-0.15, -0.1) is 0 Å². The molecule has 1 aromatic carbocycles. The summed E-state index contributed by atoms with van der Waals surface area (Å²) in [5.41, 5.74) is 9.73. The zero-order valence-electron chi connectivity index (χ0n) is 16.3. The van der Waals surface area contributed by atoms with Gasteiger partial charge in [0.15, 0.2) is 34.7 Å². The van der Waals surface area contributed by atoms with E-state index in [0.717, 1.165) is 0 Å². The van der Waals surface area contributed by atoms with Gasteiger partial charge < -0.3 is 35.6 Å². The number of hydrazone groups is 1. The lowest BCUT2D eigenvalue weighted by Crippen LogP contribution is -2.33. The molecule has 2 aromatic heterocycles. The summed E-state index contributed by atoms with van der Waals surface area (Å²) in [6.07, 6.45) is -2.09. The predicted octanol–water partition coefficient (Wildman–Crippen LogP) is -0.820. The molecule has 0 amide bonds. The number of ether oxygens (including phenoxy) is 2. The Labute approximate surface area is 175 Å². The maximum atomic E-state index is 10.5. The van der Waals surface area contributed by atoms with Gasteiger partial charge in [0.05, 0.1) is 19.9 Å². The van der Waals surface area contributed by atoms with Crippen LogP contribution in [0, 0.1) is 0 Å². The lowest BCUT2D eigenvalue weighted by atomic mass is 10.1. The first kappa shape index (κ1) is 20.7. The molecule has 0 saturated carbocycles. The Morgan fingerprint density at radius 1 is 1.32 bits per heavy atom.